The Labute approximate surface area is 303 Å². The summed E-state index contributed by atoms with van der Waals surface area (Å²) < 4.78 is 1.30. The maximum atomic E-state index is 2.81. The van der Waals surface area contributed by atoms with Gasteiger partial charge in [-0.25, -0.2) is 0 Å². The van der Waals surface area contributed by atoms with Crippen molar-refractivity contribution in [2.75, 3.05) is 20.6 Å². The molecule has 1 heteroatoms. The van der Waals surface area contributed by atoms with Gasteiger partial charge < -0.3 is 4.48 Å². The van der Waals surface area contributed by atoms with Crippen LogP contribution in [-0.4, -0.2) is 31.2 Å². The van der Waals surface area contributed by atoms with E-state index >= 15 is 0 Å². The molecule has 1 nitrogen and oxygen atoms in total. The molecule has 4 unspecified atom stereocenters. The van der Waals surface area contributed by atoms with Crippen molar-refractivity contribution in [2.24, 2.45) is 52.3 Å². The summed E-state index contributed by atoms with van der Waals surface area (Å²) in [6.45, 7) is 16.8. The van der Waals surface area contributed by atoms with Crippen molar-refractivity contribution < 1.29 is 4.48 Å². The summed E-state index contributed by atoms with van der Waals surface area (Å²) in [6, 6.07) is 0.910. The van der Waals surface area contributed by atoms with E-state index in [1.54, 1.807) is 38.5 Å². The molecule has 9 atom stereocenters. The van der Waals surface area contributed by atoms with Crippen LogP contribution in [-0.2, 0) is 0 Å². The van der Waals surface area contributed by atoms with Gasteiger partial charge in [0.2, 0.25) is 0 Å². The molecule has 0 amide bonds. The second kappa shape index (κ2) is 19.7. The highest BCUT2D eigenvalue weighted by atomic mass is 15.3. The van der Waals surface area contributed by atoms with Crippen molar-refractivity contribution in [1.82, 2.24) is 0 Å². The molecule has 4 aliphatic carbocycles. The van der Waals surface area contributed by atoms with Crippen LogP contribution in [0.1, 0.15) is 221 Å². The van der Waals surface area contributed by atoms with Crippen LogP contribution in [0.4, 0.5) is 0 Å². The highest BCUT2D eigenvalue weighted by molar-refractivity contribution is 5.09. The van der Waals surface area contributed by atoms with E-state index in [9.17, 15) is 0 Å². The topological polar surface area (TPSA) is 0 Å². The van der Waals surface area contributed by atoms with E-state index < -0.39 is 0 Å². The number of rotatable bonds is 23. The molecule has 0 bridgehead atoms. The van der Waals surface area contributed by atoms with Crippen LogP contribution in [0, 0.1) is 52.3 Å². The molecule has 282 valence electrons. The summed E-state index contributed by atoms with van der Waals surface area (Å²) in [5.41, 5.74) is 1.28. The summed E-state index contributed by atoms with van der Waals surface area (Å²) in [5, 5.41) is 0. The zero-order valence-corrected chi connectivity index (χ0v) is 34.6. The van der Waals surface area contributed by atoms with Crippen molar-refractivity contribution in [3.63, 3.8) is 0 Å². The summed E-state index contributed by atoms with van der Waals surface area (Å²) in [4.78, 5) is 0. The third-order valence-corrected chi connectivity index (χ3v) is 16.4. The smallest absolute Gasteiger partial charge is 0.0889 e. The number of unbranched alkanes of at least 4 members (excludes halogenated alkanes) is 15. The van der Waals surface area contributed by atoms with Gasteiger partial charge in [0.05, 0.1) is 26.7 Å². The first-order chi connectivity index (χ1) is 23.0. The molecule has 48 heavy (non-hydrogen) atoms. The molecular weight excluding hydrogens is 579 g/mol. The number of hydrogen-bond acceptors (Lipinski definition) is 0. The van der Waals surface area contributed by atoms with Crippen molar-refractivity contribution in [2.45, 2.75) is 227 Å². The van der Waals surface area contributed by atoms with Gasteiger partial charge in [-0.05, 0) is 116 Å². The molecule has 0 aliphatic heterocycles. The normalized spacial score (nSPS) is 34.2. The van der Waals surface area contributed by atoms with E-state index in [2.05, 4.69) is 55.6 Å². The molecule has 0 spiro atoms. The van der Waals surface area contributed by atoms with Crippen LogP contribution in [0.25, 0.3) is 0 Å². The maximum absolute atomic E-state index is 2.81. The first-order valence-electron chi connectivity index (χ1n) is 22.9. The molecule has 4 saturated carbocycles. The van der Waals surface area contributed by atoms with E-state index in [0.29, 0.717) is 10.8 Å². The van der Waals surface area contributed by atoms with Crippen LogP contribution < -0.4 is 0 Å². The van der Waals surface area contributed by atoms with Gasteiger partial charge >= 0.3 is 0 Å². The number of fused-ring (bicyclic) bond motifs is 5. The molecule has 0 aromatic rings. The molecule has 0 saturated heterocycles. The highest BCUT2D eigenvalue weighted by Gasteiger charge is 2.61. The Bertz CT molecular complexity index is 874. The van der Waals surface area contributed by atoms with Gasteiger partial charge in [-0.3, -0.25) is 0 Å². The average molecular weight is 669 g/mol. The SMILES string of the molecule is CCCCCCCCCCCCCCCCCC[N+](C)(C)[C@H]1CC[C@@]2(C)C(CCC3C2CC[C@@]2(C)C3CC[C@@H]2[C@H](C)CCCC(C)C)C1. The Morgan fingerprint density at radius 3 is 1.69 bits per heavy atom. The quantitative estimate of drug-likeness (QED) is 0.0751. The van der Waals surface area contributed by atoms with Crippen LogP contribution >= 0.6 is 0 Å². The standard InChI is InChI=1S/C47H90N/c1-9-10-11-12-13-14-15-16-17-18-19-20-21-22-23-24-36-48(7,8)41-32-34-46(5)40(37-41)28-29-42-44-31-30-43(39(4)27-25-26-38(2)3)47(44,6)35-33-45(42)46/h38-45H,9-37H2,1-8H3/q+1/t39-,40?,41+,42?,43-,44?,45?,46+,47-/m1/s1. The molecular formula is C47H90N+. The molecule has 4 aliphatic rings. The number of hydrogen-bond donors (Lipinski definition) is 0. The summed E-state index contributed by atoms with van der Waals surface area (Å²) in [6.07, 6.45) is 41.8. The molecule has 0 heterocycles. The first kappa shape index (κ1) is 40.7. The third-order valence-electron chi connectivity index (χ3n) is 16.4. The van der Waals surface area contributed by atoms with Gasteiger partial charge in [-0.2, -0.15) is 0 Å². The lowest BCUT2D eigenvalue weighted by Crippen LogP contribution is -2.58. The average Bonchev–Trinajstić information content (AvgIpc) is 3.41. The number of quaternary nitrogens is 1. The summed E-state index contributed by atoms with van der Waals surface area (Å²) >= 11 is 0. The zero-order chi connectivity index (χ0) is 34.6. The van der Waals surface area contributed by atoms with Gasteiger partial charge in [0.25, 0.3) is 0 Å². The predicted octanol–water partition coefficient (Wildman–Crippen LogP) is 14.8. The lowest BCUT2D eigenvalue weighted by atomic mass is 9.44. The zero-order valence-electron chi connectivity index (χ0n) is 34.6. The number of nitrogens with zero attached hydrogens (tertiary/aromatic N) is 1. The van der Waals surface area contributed by atoms with E-state index in [4.69, 9.17) is 0 Å². The maximum Gasteiger partial charge on any atom is 0.0889 e. The molecule has 0 radical (unpaired) electrons. The van der Waals surface area contributed by atoms with Crippen LogP contribution in [0.15, 0.2) is 0 Å². The van der Waals surface area contributed by atoms with Crippen molar-refractivity contribution in [3.8, 4) is 0 Å². The Morgan fingerprint density at radius 2 is 1.10 bits per heavy atom. The Balaban J connectivity index is 1.11. The Kier molecular flexibility index (Phi) is 16.7. The summed E-state index contributed by atoms with van der Waals surface area (Å²) in [5.74, 6) is 6.91. The van der Waals surface area contributed by atoms with E-state index in [1.165, 1.54) is 152 Å². The minimum Gasteiger partial charge on any atom is -0.326 e. The van der Waals surface area contributed by atoms with Gasteiger partial charge in [0, 0.05) is 6.42 Å². The van der Waals surface area contributed by atoms with Crippen molar-refractivity contribution in [3.05, 3.63) is 0 Å². The minimum absolute atomic E-state index is 0.635. The fourth-order valence-corrected chi connectivity index (χ4v) is 13.1. The fourth-order valence-electron chi connectivity index (χ4n) is 13.1. The largest absolute Gasteiger partial charge is 0.326 e. The molecule has 0 aromatic heterocycles. The van der Waals surface area contributed by atoms with Crippen LogP contribution in [0.3, 0.4) is 0 Å². The minimum atomic E-state index is 0.635. The molecule has 0 N–H and O–H groups in total. The lowest BCUT2D eigenvalue weighted by molar-refractivity contribution is -0.917. The third kappa shape index (κ3) is 10.8. The predicted molar refractivity (Wildman–Crippen MR) is 213 cm³/mol. The Hall–Kier alpha value is -0.0400. The van der Waals surface area contributed by atoms with Gasteiger partial charge in [-0.1, -0.05) is 151 Å². The molecule has 4 rings (SSSR count). The van der Waals surface area contributed by atoms with E-state index in [1.807, 2.05) is 0 Å². The lowest BCUT2D eigenvalue weighted by Gasteiger charge is -2.62. The van der Waals surface area contributed by atoms with E-state index in [-0.39, 0.29) is 0 Å². The van der Waals surface area contributed by atoms with Gasteiger partial charge in [0.1, 0.15) is 0 Å². The van der Waals surface area contributed by atoms with Gasteiger partial charge in [-0.15, -0.1) is 0 Å². The summed E-state index contributed by atoms with van der Waals surface area (Å²) in [7, 11) is 5.22. The first-order valence-corrected chi connectivity index (χ1v) is 22.9. The highest BCUT2D eigenvalue weighted by Crippen LogP contribution is 2.68. The fraction of sp³-hybridized carbons (Fsp3) is 1.00. The monoisotopic (exact) mass is 669 g/mol. The second-order valence-corrected chi connectivity index (χ2v) is 20.4. The van der Waals surface area contributed by atoms with E-state index in [0.717, 1.165) is 47.5 Å². The van der Waals surface area contributed by atoms with Crippen molar-refractivity contribution >= 4 is 0 Å². The van der Waals surface area contributed by atoms with Gasteiger partial charge in [0.15, 0.2) is 0 Å². The van der Waals surface area contributed by atoms with Crippen LogP contribution in [0.5, 0.6) is 0 Å². The molecule has 4 fully saturated rings. The Morgan fingerprint density at radius 1 is 0.562 bits per heavy atom. The van der Waals surface area contributed by atoms with Crippen molar-refractivity contribution in [1.29, 1.82) is 0 Å². The second-order valence-electron chi connectivity index (χ2n) is 20.4. The molecule has 0 aromatic carbocycles. The van der Waals surface area contributed by atoms with Crippen LogP contribution in [0.2, 0.25) is 0 Å².